The topological polar surface area (TPSA) is 51.5 Å². The number of aromatic carboxylic acids is 1. The minimum atomic E-state index is -0.969. The summed E-state index contributed by atoms with van der Waals surface area (Å²) < 4.78 is 8.12. The summed E-state index contributed by atoms with van der Waals surface area (Å²) in [6, 6.07) is 23.8. The van der Waals surface area contributed by atoms with Crippen LogP contribution in [0.15, 0.2) is 78.9 Å². The summed E-state index contributed by atoms with van der Waals surface area (Å²) in [7, 11) is 0. The summed E-state index contributed by atoms with van der Waals surface area (Å²) in [5.41, 5.74) is 4.60. The van der Waals surface area contributed by atoms with Gasteiger partial charge < -0.3 is 14.4 Å². The summed E-state index contributed by atoms with van der Waals surface area (Å²) in [6.07, 6.45) is 0. The zero-order valence-corrected chi connectivity index (χ0v) is 18.2. The number of halogens is 2. The maximum atomic E-state index is 11.4. The van der Waals surface area contributed by atoms with Crippen LogP contribution in [0.25, 0.3) is 16.9 Å². The zero-order valence-electron chi connectivity index (χ0n) is 16.7. The highest BCUT2D eigenvalue weighted by Crippen LogP contribution is 2.36. The van der Waals surface area contributed by atoms with Gasteiger partial charge in [0.05, 0.1) is 11.3 Å². The van der Waals surface area contributed by atoms with Crippen molar-refractivity contribution in [2.24, 2.45) is 0 Å². The van der Waals surface area contributed by atoms with E-state index in [1.807, 2.05) is 66.1 Å². The van der Waals surface area contributed by atoms with E-state index in [1.54, 1.807) is 24.3 Å². The number of nitrogens with zero attached hydrogens (tertiary/aromatic N) is 1. The van der Waals surface area contributed by atoms with E-state index in [-0.39, 0.29) is 5.56 Å². The summed E-state index contributed by atoms with van der Waals surface area (Å²) in [6.45, 7) is 2.34. The van der Waals surface area contributed by atoms with E-state index >= 15 is 0 Å². The van der Waals surface area contributed by atoms with Crippen LogP contribution >= 0.6 is 23.2 Å². The van der Waals surface area contributed by atoms with Crippen molar-refractivity contribution in [3.05, 3.63) is 106 Å². The molecule has 31 heavy (non-hydrogen) atoms. The fraction of sp³-hybridized carbons (Fsp3) is 0.0800. The molecule has 1 heterocycles. The van der Waals surface area contributed by atoms with Gasteiger partial charge in [0, 0.05) is 27.0 Å². The van der Waals surface area contributed by atoms with Gasteiger partial charge in [0.15, 0.2) is 0 Å². The fourth-order valence-corrected chi connectivity index (χ4v) is 3.74. The molecule has 0 aliphatic rings. The van der Waals surface area contributed by atoms with Crippen LogP contribution in [-0.2, 0) is 6.61 Å². The number of carboxylic acids is 1. The largest absolute Gasteiger partial charge is 0.488 e. The molecule has 0 atom stereocenters. The van der Waals surface area contributed by atoms with Crippen LogP contribution in [0.2, 0.25) is 10.0 Å². The Labute approximate surface area is 190 Å². The SMILES string of the molecule is Cc1ccc(-c2cc(Cl)ccc2OCc2ccc(Cl)cc2)n1-c1cccc(C(=O)O)c1. The van der Waals surface area contributed by atoms with E-state index in [1.165, 1.54) is 0 Å². The van der Waals surface area contributed by atoms with Crippen LogP contribution in [0.1, 0.15) is 21.6 Å². The molecule has 1 aromatic heterocycles. The highest BCUT2D eigenvalue weighted by molar-refractivity contribution is 6.31. The Bertz CT molecular complexity index is 1250. The molecule has 0 radical (unpaired) electrons. The summed E-state index contributed by atoms with van der Waals surface area (Å²) in [5, 5.41) is 10.6. The van der Waals surface area contributed by atoms with Crippen molar-refractivity contribution in [3.8, 4) is 22.7 Å². The van der Waals surface area contributed by atoms with Gasteiger partial charge in [-0.3, -0.25) is 0 Å². The Hall–Kier alpha value is -3.21. The average Bonchev–Trinajstić information content (AvgIpc) is 3.15. The number of carboxylic acid groups (broad SMARTS) is 1. The molecule has 3 aromatic carbocycles. The number of hydrogen-bond donors (Lipinski definition) is 1. The maximum absolute atomic E-state index is 11.4. The second kappa shape index (κ2) is 8.88. The molecule has 0 amide bonds. The molecular formula is C25H19Cl2NO3. The Morgan fingerprint density at radius 1 is 0.935 bits per heavy atom. The minimum Gasteiger partial charge on any atom is -0.488 e. The van der Waals surface area contributed by atoms with Gasteiger partial charge in [-0.2, -0.15) is 0 Å². The lowest BCUT2D eigenvalue weighted by atomic mass is 10.1. The fourth-order valence-electron chi connectivity index (χ4n) is 3.44. The van der Waals surface area contributed by atoms with Crippen LogP contribution in [0.4, 0.5) is 0 Å². The summed E-state index contributed by atoms with van der Waals surface area (Å²) in [5.74, 6) is -0.295. The first-order chi connectivity index (χ1) is 14.9. The zero-order chi connectivity index (χ0) is 22.0. The van der Waals surface area contributed by atoms with Crippen molar-refractivity contribution < 1.29 is 14.6 Å². The predicted octanol–water partition coefficient (Wildman–Crippen LogP) is 7.04. The van der Waals surface area contributed by atoms with Gasteiger partial charge in [0.25, 0.3) is 0 Å². The standard InChI is InChI=1S/C25H19Cl2NO3/c1-16-5-11-23(28(16)21-4-2-3-18(13-21)25(29)30)22-14-20(27)10-12-24(22)31-15-17-6-8-19(26)9-7-17/h2-14H,15H2,1H3,(H,29,30). The molecule has 4 aromatic rings. The van der Waals surface area contributed by atoms with Crippen LogP contribution in [0, 0.1) is 6.92 Å². The third-order valence-electron chi connectivity index (χ3n) is 4.95. The van der Waals surface area contributed by atoms with Crippen molar-refractivity contribution >= 4 is 29.2 Å². The van der Waals surface area contributed by atoms with Gasteiger partial charge in [-0.1, -0.05) is 41.4 Å². The molecule has 0 saturated carbocycles. The van der Waals surface area contributed by atoms with Gasteiger partial charge in [-0.15, -0.1) is 0 Å². The molecule has 0 aliphatic carbocycles. The van der Waals surface area contributed by atoms with Gasteiger partial charge in [-0.05, 0) is 73.2 Å². The first kappa shape index (κ1) is 21.0. The number of aromatic nitrogens is 1. The molecular weight excluding hydrogens is 433 g/mol. The number of aryl methyl sites for hydroxylation is 1. The number of hydrogen-bond acceptors (Lipinski definition) is 2. The average molecular weight is 452 g/mol. The van der Waals surface area contributed by atoms with E-state index in [9.17, 15) is 9.90 Å². The van der Waals surface area contributed by atoms with E-state index in [4.69, 9.17) is 27.9 Å². The second-order valence-corrected chi connectivity index (χ2v) is 7.98. The summed E-state index contributed by atoms with van der Waals surface area (Å²) in [4.78, 5) is 11.4. The Morgan fingerprint density at radius 2 is 1.68 bits per heavy atom. The van der Waals surface area contributed by atoms with Crippen molar-refractivity contribution in [3.63, 3.8) is 0 Å². The smallest absolute Gasteiger partial charge is 0.335 e. The van der Waals surface area contributed by atoms with Crippen molar-refractivity contribution in [2.45, 2.75) is 13.5 Å². The lowest BCUT2D eigenvalue weighted by Gasteiger charge is -2.16. The van der Waals surface area contributed by atoms with Crippen LogP contribution in [-0.4, -0.2) is 15.6 Å². The van der Waals surface area contributed by atoms with Gasteiger partial charge in [0.2, 0.25) is 0 Å². The highest BCUT2D eigenvalue weighted by Gasteiger charge is 2.16. The molecule has 0 unspecified atom stereocenters. The lowest BCUT2D eigenvalue weighted by Crippen LogP contribution is -2.04. The minimum absolute atomic E-state index is 0.224. The van der Waals surface area contributed by atoms with Crippen molar-refractivity contribution in [2.75, 3.05) is 0 Å². The van der Waals surface area contributed by atoms with Gasteiger partial charge in [0.1, 0.15) is 12.4 Å². The lowest BCUT2D eigenvalue weighted by molar-refractivity contribution is 0.0697. The van der Waals surface area contributed by atoms with E-state index in [0.29, 0.717) is 22.4 Å². The van der Waals surface area contributed by atoms with Gasteiger partial charge in [-0.25, -0.2) is 4.79 Å². The Kier molecular flexibility index (Phi) is 6.03. The number of benzene rings is 3. The van der Waals surface area contributed by atoms with E-state index < -0.39 is 5.97 Å². The normalized spacial score (nSPS) is 10.8. The van der Waals surface area contributed by atoms with Crippen LogP contribution in [0.3, 0.4) is 0 Å². The van der Waals surface area contributed by atoms with E-state index in [2.05, 4.69) is 0 Å². The van der Waals surface area contributed by atoms with Gasteiger partial charge >= 0.3 is 5.97 Å². The molecule has 0 aliphatic heterocycles. The van der Waals surface area contributed by atoms with E-state index in [0.717, 1.165) is 28.2 Å². The first-order valence-electron chi connectivity index (χ1n) is 9.61. The number of rotatable bonds is 6. The van der Waals surface area contributed by atoms with Crippen LogP contribution < -0.4 is 4.74 Å². The molecule has 156 valence electrons. The van der Waals surface area contributed by atoms with Crippen molar-refractivity contribution in [1.29, 1.82) is 0 Å². The summed E-state index contributed by atoms with van der Waals surface area (Å²) >= 11 is 12.3. The third-order valence-corrected chi connectivity index (χ3v) is 5.44. The van der Waals surface area contributed by atoms with Crippen molar-refractivity contribution in [1.82, 2.24) is 4.57 Å². The quantitative estimate of drug-likeness (QED) is 0.342. The first-order valence-corrected chi connectivity index (χ1v) is 10.4. The molecule has 1 N–H and O–H groups in total. The molecule has 4 rings (SSSR count). The predicted molar refractivity (Wildman–Crippen MR) is 124 cm³/mol. The molecule has 0 bridgehead atoms. The third kappa shape index (κ3) is 4.61. The highest BCUT2D eigenvalue weighted by atomic mass is 35.5. The maximum Gasteiger partial charge on any atom is 0.335 e. The molecule has 4 nitrogen and oxygen atoms in total. The molecule has 0 saturated heterocycles. The molecule has 6 heteroatoms. The monoisotopic (exact) mass is 451 g/mol. The molecule has 0 fully saturated rings. The van der Waals surface area contributed by atoms with Crippen LogP contribution in [0.5, 0.6) is 5.75 Å². The number of carbonyl (C=O) groups is 1. The number of ether oxygens (including phenoxy) is 1. The Balaban J connectivity index is 1.75. The Morgan fingerprint density at radius 3 is 2.42 bits per heavy atom. The molecule has 0 spiro atoms. The second-order valence-electron chi connectivity index (χ2n) is 7.11.